The molecule has 1 aromatic heterocycles. The zero-order valence-electron chi connectivity index (χ0n) is 18.5. The highest BCUT2D eigenvalue weighted by Gasteiger charge is 2.28. The molecule has 2 heterocycles. The van der Waals surface area contributed by atoms with Crippen LogP contribution in [0.4, 0.5) is 15.8 Å². The number of fused-ring (bicyclic) bond motifs is 3. The third-order valence-corrected chi connectivity index (χ3v) is 6.97. The Labute approximate surface area is 209 Å². The molecule has 35 heavy (non-hydrogen) atoms. The molecule has 0 saturated carbocycles. The van der Waals surface area contributed by atoms with Gasteiger partial charge in [0.05, 0.1) is 40.2 Å². The van der Waals surface area contributed by atoms with Crippen LogP contribution in [0, 0.1) is 5.82 Å². The predicted octanol–water partition coefficient (Wildman–Crippen LogP) is 6.07. The summed E-state index contributed by atoms with van der Waals surface area (Å²) < 4.78 is 18.8. The Balaban J connectivity index is 1.44. The fourth-order valence-electron chi connectivity index (χ4n) is 4.08. The molecule has 176 valence electrons. The van der Waals surface area contributed by atoms with E-state index in [9.17, 15) is 14.0 Å². The van der Waals surface area contributed by atoms with Crippen LogP contribution in [0.1, 0.15) is 25.6 Å². The average molecular weight is 508 g/mol. The summed E-state index contributed by atoms with van der Waals surface area (Å²) in [5.74, 6) is -0.940. The number of anilines is 2. The maximum Gasteiger partial charge on any atom is 0.262 e. The Morgan fingerprint density at radius 2 is 1.91 bits per heavy atom. The summed E-state index contributed by atoms with van der Waals surface area (Å²) in [5.41, 5.74) is 5.33. The molecular weight excluding hydrogens is 489 g/mol. The van der Waals surface area contributed by atoms with Gasteiger partial charge in [0, 0.05) is 35.2 Å². The summed E-state index contributed by atoms with van der Waals surface area (Å²) in [6, 6.07) is 16.1. The average Bonchev–Trinajstić information content (AvgIpc) is 3.26. The van der Waals surface area contributed by atoms with Gasteiger partial charge in [-0.2, -0.15) is 0 Å². The lowest BCUT2D eigenvalue weighted by Crippen LogP contribution is -2.32. The van der Waals surface area contributed by atoms with E-state index in [0.29, 0.717) is 30.0 Å². The minimum atomic E-state index is -0.531. The number of carbonyl (C=O) groups is 2. The van der Waals surface area contributed by atoms with Gasteiger partial charge in [-0.15, -0.1) is 11.3 Å². The van der Waals surface area contributed by atoms with E-state index in [0.717, 1.165) is 34.0 Å². The summed E-state index contributed by atoms with van der Waals surface area (Å²) in [6.07, 6.45) is 0.690. The molecular formula is C26H19ClFN3O3S. The highest BCUT2D eigenvalue weighted by molar-refractivity contribution is 7.10. The molecule has 0 bridgehead atoms. The second-order valence-corrected chi connectivity index (χ2v) is 9.19. The van der Waals surface area contributed by atoms with Gasteiger partial charge in [0.15, 0.2) is 0 Å². The monoisotopic (exact) mass is 507 g/mol. The number of hydrogen-bond acceptors (Lipinski definition) is 5. The quantitative estimate of drug-likeness (QED) is 0.364. The van der Waals surface area contributed by atoms with Crippen molar-refractivity contribution in [1.29, 1.82) is 0 Å². The minimum absolute atomic E-state index is 0.00379. The van der Waals surface area contributed by atoms with Gasteiger partial charge < -0.3 is 15.0 Å². The molecule has 1 aliphatic rings. The predicted molar refractivity (Wildman–Crippen MR) is 135 cm³/mol. The van der Waals surface area contributed by atoms with Crippen molar-refractivity contribution in [3.05, 3.63) is 93.0 Å². The summed E-state index contributed by atoms with van der Waals surface area (Å²) in [5, 5.41) is 2.72. The number of amides is 2. The molecule has 3 aromatic carbocycles. The standard InChI is InChI=1S/C26H19ClFN3O3S/c1-34-22-13-16(30-25(32)17-8-6-15(28)12-20(17)27)7-9-19(22)26(33)31-11-10-23-24(29-14-35-23)18-4-2-3-5-21(18)31/h2-9,12-14H,10-11H2,1H3,(H,30,32). The van der Waals surface area contributed by atoms with E-state index in [2.05, 4.69) is 10.3 Å². The smallest absolute Gasteiger partial charge is 0.262 e. The Hall–Kier alpha value is -3.75. The Kier molecular flexibility index (Phi) is 6.23. The molecule has 0 radical (unpaired) electrons. The fraction of sp³-hybridized carbons (Fsp3) is 0.115. The molecule has 9 heteroatoms. The first kappa shape index (κ1) is 23.0. The number of methoxy groups -OCH3 is 1. The molecule has 0 unspecified atom stereocenters. The van der Waals surface area contributed by atoms with Crippen molar-refractivity contribution in [1.82, 2.24) is 4.98 Å². The number of thiazole rings is 1. The van der Waals surface area contributed by atoms with E-state index in [-0.39, 0.29) is 16.5 Å². The lowest BCUT2D eigenvalue weighted by atomic mass is 10.1. The Morgan fingerprint density at radius 3 is 2.71 bits per heavy atom. The van der Waals surface area contributed by atoms with Crippen LogP contribution in [0.2, 0.25) is 5.02 Å². The first-order chi connectivity index (χ1) is 17.0. The van der Waals surface area contributed by atoms with Crippen LogP contribution in [0.3, 0.4) is 0 Å². The number of hydrogen-bond donors (Lipinski definition) is 1. The molecule has 0 aliphatic carbocycles. The van der Waals surface area contributed by atoms with Gasteiger partial charge in [-0.3, -0.25) is 9.59 Å². The first-order valence-electron chi connectivity index (χ1n) is 10.7. The topological polar surface area (TPSA) is 71.5 Å². The Bertz CT molecular complexity index is 1460. The molecule has 5 rings (SSSR count). The van der Waals surface area contributed by atoms with Gasteiger partial charge in [-0.05, 0) is 36.4 Å². The largest absolute Gasteiger partial charge is 0.496 e. The van der Waals surface area contributed by atoms with E-state index in [1.165, 1.54) is 13.2 Å². The number of para-hydroxylation sites is 1. The zero-order chi connectivity index (χ0) is 24.5. The van der Waals surface area contributed by atoms with E-state index >= 15 is 0 Å². The molecule has 0 spiro atoms. The third kappa shape index (κ3) is 4.38. The molecule has 0 atom stereocenters. The van der Waals surface area contributed by atoms with Crippen molar-refractivity contribution >= 4 is 46.1 Å². The molecule has 2 amide bonds. The molecule has 0 fully saturated rings. The maximum atomic E-state index is 13.7. The van der Waals surface area contributed by atoms with E-state index in [4.69, 9.17) is 16.3 Å². The number of benzene rings is 3. The van der Waals surface area contributed by atoms with Crippen LogP contribution < -0.4 is 15.0 Å². The summed E-state index contributed by atoms with van der Waals surface area (Å²) in [4.78, 5) is 33.7. The van der Waals surface area contributed by atoms with Crippen LogP contribution in [0.5, 0.6) is 5.75 Å². The van der Waals surface area contributed by atoms with Gasteiger partial charge in [0.25, 0.3) is 11.8 Å². The number of aromatic nitrogens is 1. The lowest BCUT2D eigenvalue weighted by molar-refractivity contribution is 0.0983. The Morgan fingerprint density at radius 1 is 1.11 bits per heavy atom. The van der Waals surface area contributed by atoms with Crippen LogP contribution in [0.15, 0.2) is 66.2 Å². The number of nitrogens with one attached hydrogen (secondary N) is 1. The lowest BCUT2D eigenvalue weighted by Gasteiger charge is -2.24. The number of halogens is 2. The van der Waals surface area contributed by atoms with Crippen molar-refractivity contribution in [3.63, 3.8) is 0 Å². The van der Waals surface area contributed by atoms with Gasteiger partial charge in [-0.25, -0.2) is 9.37 Å². The van der Waals surface area contributed by atoms with E-state index in [1.807, 2.05) is 29.8 Å². The number of ether oxygens (including phenoxy) is 1. The van der Waals surface area contributed by atoms with Gasteiger partial charge >= 0.3 is 0 Å². The highest BCUT2D eigenvalue weighted by atomic mass is 35.5. The maximum absolute atomic E-state index is 13.7. The third-order valence-electron chi connectivity index (χ3n) is 5.76. The first-order valence-corrected chi connectivity index (χ1v) is 12.0. The van der Waals surface area contributed by atoms with Crippen molar-refractivity contribution in [2.75, 3.05) is 23.9 Å². The molecule has 4 aromatic rings. The summed E-state index contributed by atoms with van der Waals surface area (Å²) in [6.45, 7) is 0.496. The second-order valence-electron chi connectivity index (χ2n) is 7.84. The number of rotatable bonds is 4. The van der Waals surface area contributed by atoms with Crippen molar-refractivity contribution in [2.45, 2.75) is 6.42 Å². The van der Waals surface area contributed by atoms with Crippen LogP contribution in [-0.4, -0.2) is 30.5 Å². The molecule has 0 saturated heterocycles. The normalized spacial score (nSPS) is 12.4. The van der Waals surface area contributed by atoms with E-state index in [1.54, 1.807) is 34.4 Å². The molecule has 6 nitrogen and oxygen atoms in total. The molecule has 1 aliphatic heterocycles. The van der Waals surface area contributed by atoms with Crippen LogP contribution in [-0.2, 0) is 6.42 Å². The van der Waals surface area contributed by atoms with Crippen LogP contribution in [0.25, 0.3) is 11.3 Å². The van der Waals surface area contributed by atoms with Gasteiger partial charge in [0.1, 0.15) is 11.6 Å². The minimum Gasteiger partial charge on any atom is -0.496 e. The second kappa shape index (κ2) is 9.48. The summed E-state index contributed by atoms with van der Waals surface area (Å²) in [7, 11) is 1.46. The van der Waals surface area contributed by atoms with Crippen molar-refractivity contribution in [2.24, 2.45) is 0 Å². The highest BCUT2D eigenvalue weighted by Crippen LogP contribution is 2.38. The number of nitrogens with zero attached hydrogens (tertiary/aromatic N) is 2. The van der Waals surface area contributed by atoms with Crippen molar-refractivity contribution < 1.29 is 18.7 Å². The SMILES string of the molecule is COc1cc(NC(=O)c2ccc(F)cc2Cl)ccc1C(=O)N1CCc2scnc2-c2ccccc21. The van der Waals surface area contributed by atoms with E-state index < -0.39 is 11.7 Å². The van der Waals surface area contributed by atoms with Gasteiger partial charge in [0.2, 0.25) is 0 Å². The summed E-state index contributed by atoms with van der Waals surface area (Å²) >= 11 is 7.59. The fourth-order valence-corrected chi connectivity index (χ4v) is 5.11. The number of carbonyl (C=O) groups excluding carboxylic acids is 2. The van der Waals surface area contributed by atoms with Gasteiger partial charge in [-0.1, -0.05) is 29.8 Å². The zero-order valence-corrected chi connectivity index (χ0v) is 20.1. The molecule has 1 N–H and O–H groups in total. The van der Waals surface area contributed by atoms with Crippen molar-refractivity contribution in [3.8, 4) is 17.0 Å². The van der Waals surface area contributed by atoms with Crippen LogP contribution >= 0.6 is 22.9 Å².